The first-order chi connectivity index (χ1) is 15.3. The molecular formula is C22H20BrNO7S. The van der Waals surface area contributed by atoms with Crippen LogP contribution in [0, 0.1) is 6.92 Å². The van der Waals surface area contributed by atoms with Crippen molar-refractivity contribution in [1.29, 1.82) is 0 Å². The van der Waals surface area contributed by atoms with Gasteiger partial charge in [-0.15, -0.1) is 11.3 Å². The van der Waals surface area contributed by atoms with Crippen molar-refractivity contribution in [2.45, 2.75) is 20.5 Å². The van der Waals surface area contributed by atoms with E-state index in [0.717, 1.165) is 15.8 Å². The molecule has 0 atom stereocenters. The van der Waals surface area contributed by atoms with Crippen molar-refractivity contribution in [2.24, 2.45) is 0 Å². The van der Waals surface area contributed by atoms with Crippen LogP contribution in [0.25, 0.3) is 0 Å². The lowest BCUT2D eigenvalue weighted by Gasteiger charge is -2.06. The minimum Gasteiger partial charge on any atom is -0.484 e. The molecule has 0 spiro atoms. The molecule has 0 unspecified atom stereocenters. The van der Waals surface area contributed by atoms with Crippen molar-refractivity contribution in [3.05, 3.63) is 68.4 Å². The summed E-state index contributed by atoms with van der Waals surface area (Å²) in [7, 11) is 1.22. The Morgan fingerprint density at radius 2 is 1.88 bits per heavy atom. The molecule has 10 heteroatoms. The van der Waals surface area contributed by atoms with Crippen molar-refractivity contribution >= 4 is 50.1 Å². The summed E-state index contributed by atoms with van der Waals surface area (Å²) >= 11 is 4.34. The predicted octanol–water partition coefficient (Wildman–Crippen LogP) is 5.21. The SMILES string of the molecule is CCOC(=O)c1sc(NC(=O)c2ccc(COc3ccccc3Br)o2)c(C(=O)OC)c1C. The standard InChI is InChI=1S/C22H20BrNO7S/c1-4-29-22(27)18-12(2)17(21(26)28-3)20(32-18)24-19(25)16-10-9-13(31-16)11-30-15-8-6-5-7-14(15)23/h5-10H,4,11H2,1-3H3,(H,24,25). The van der Waals surface area contributed by atoms with E-state index in [1.807, 2.05) is 18.2 Å². The lowest BCUT2D eigenvalue weighted by molar-refractivity contribution is 0.0531. The topological polar surface area (TPSA) is 104 Å². The van der Waals surface area contributed by atoms with E-state index in [1.165, 1.54) is 13.2 Å². The molecule has 1 amide bonds. The number of ether oxygens (including phenoxy) is 3. The monoisotopic (exact) mass is 521 g/mol. The number of nitrogens with one attached hydrogen (secondary N) is 1. The van der Waals surface area contributed by atoms with Gasteiger partial charge in [0.2, 0.25) is 0 Å². The summed E-state index contributed by atoms with van der Waals surface area (Å²) in [5.74, 6) is -0.738. The predicted molar refractivity (Wildman–Crippen MR) is 121 cm³/mol. The van der Waals surface area contributed by atoms with E-state index in [2.05, 4.69) is 21.2 Å². The number of para-hydroxylation sites is 1. The molecule has 0 aliphatic heterocycles. The first-order valence-electron chi connectivity index (χ1n) is 9.51. The normalized spacial score (nSPS) is 10.5. The highest BCUT2D eigenvalue weighted by Crippen LogP contribution is 2.34. The van der Waals surface area contributed by atoms with Gasteiger partial charge < -0.3 is 23.9 Å². The van der Waals surface area contributed by atoms with Gasteiger partial charge in [-0.25, -0.2) is 9.59 Å². The molecule has 32 heavy (non-hydrogen) atoms. The Balaban J connectivity index is 1.77. The third-order valence-corrected chi connectivity index (χ3v) is 6.16. The zero-order valence-corrected chi connectivity index (χ0v) is 19.9. The number of amides is 1. The molecular weight excluding hydrogens is 502 g/mol. The zero-order chi connectivity index (χ0) is 23.3. The van der Waals surface area contributed by atoms with Gasteiger partial charge in [0.1, 0.15) is 28.0 Å². The summed E-state index contributed by atoms with van der Waals surface area (Å²) in [6.45, 7) is 3.57. The molecule has 0 aliphatic rings. The van der Waals surface area contributed by atoms with Crippen LogP contribution in [0.2, 0.25) is 0 Å². The molecule has 1 aromatic carbocycles. The number of halogens is 1. The second kappa shape index (κ2) is 10.5. The first-order valence-corrected chi connectivity index (χ1v) is 11.1. The number of rotatable bonds is 8. The zero-order valence-electron chi connectivity index (χ0n) is 17.5. The van der Waals surface area contributed by atoms with E-state index < -0.39 is 17.8 Å². The molecule has 1 N–H and O–H groups in total. The van der Waals surface area contributed by atoms with Gasteiger partial charge in [0.25, 0.3) is 5.91 Å². The number of thiophene rings is 1. The van der Waals surface area contributed by atoms with Gasteiger partial charge in [-0.2, -0.15) is 0 Å². The van der Waals surface area contributed by atoms with E-state index in [4.69, 9.17) is 18.6 Å². The van der Waals surface area contributed by atoms with Crippen LogP contribution in [0.4, 0.5) is 5.00 Å². The maximum atomic E-state index is 12.7. The van der Waals surface area contributed by atoms with Crippen molar-refractivity contribution in [1.82, 2.24) is 0 Å². The molecule has 0 radical (unpaired) electrons. The van der Waals surface area contributed by atoms with Crippen molar-refractivity contribution in [3.63, 3.8) is 0 Å². The molecule has 3 aromatic rings. The summed E-state index contributed by atoms with van der Waals surface area (Å²) in [5, 5.41) is 2.80. The van der Waals surface area contributed by atoms with Crippen LogP contribution in [0.1, 0.15) is 48.8 Å². The Morgan fingerprint density at radius 3 is 2.56 bits per heavy atom. The van der Waals surface area contributed by atoms with Gasteiger partial charge in [0.05, 0.1) is 23.8 Å². The van der Waals surface area contributed by atoms with Gasteiger partial charge in [0, 0.05) is 0 Å². The Kier molecular flexibility index (Phi) is 7.70. The van der Waals surface area contributed by atoms with Crippen LogP contribution in [0.5, 0.6) is 5.75 Å². The van der Waals surface area contributed by atoms with Crippen LogP contribution in [-0.4, -0.2) is 31.6 Å². The summed E-state index contributed by atoms with van der Waals surface area (Å²) in [4.78, 5) is 37.4. The molecule has 8 nitrogen and oxygen atoms in total. The highest BCUT2D eigenvalue weighted by molar-refractivity contribution is 9.10. The summed E-state index contributed by atoms with van der Waals surface area (Å²) in [6.07, 6.45) is 0. The molecule has 3 rings (SSSR count). The number of furan rings is 1. The van der Waals surface area contributed by atoms with Crippen molar-refractivity contribution in [3.8, 4) is 5.75 Å². The third-order valence-electron chi connectivity index (χ3n) is 4.32. The molecule has 0 aliphatic carbocycles. The van der Waals surface area contributed by atoms with E-state index in [0.29, 0.717) is 17.1 Å². The number of methoxy groups -OCH3 is 1. The quantitative estimate of drug-likeness (QED) is 0.405. The molecule has 0 fully saturated rings. The fraction of sp³-hybridized carbons (Fsp3) is 0.227. The summed E-state index contributed by atoms with van der Waals surface area (Å²) < 4.78 is 21.9. The highest BCUT2D eigenvalue weighted by atomic mass is 79.9. The van der Waals surface area contributed by atoms with E-state index >= 15 is 0 Å². The Bertz CT molecular complexity index is 1150. The fourth-order valence-electron chi connectivity index (χ4n) is 2.79. The summed E-state index contributed by atoms with van der Waals surface area (Å²) in [5.41, 5.74) is 0.468. The van der Waals surface area contributed by atoms with Crippen LogP contribution in [-0.2, 0) is 16.1 Å². The van der Waals surface area contributed by atoms with Gasteiger partial charge in [-0.3, -0.25) is 4.79 Å². The van der Waals surface area contributed by atoms with Gasteiger partial charge in [0.15, 0.2) is 5.76 Å². The van der Waals surface area contributed by atoms with Crippen LogP contribution >= 0.6 is 27.3 Å². The average Bonchev–Trinajstić information content (AvgIpc) is 3.37. The van der Waals surface area contributed by atoms with Crippen molar-refractivity contribution in [2.75, 3.05) is 19.0 Å². The minimum absolute atomic E-state index is 0.0234. The molecule has 0 saturated heterocycles. The van der Waals surface area contributed by atoms with Crippen LogP contribution < -0.4 is 10.1 Å². The van der Waals surface area contributed by atoms with Crippen molar-refractivity contribution < 1.29 is 33.0 Å². The molecule has 168 valence electrons. The van der Waals surface area contributed by atoms with Gasteiger partial charge in [-0.1, -0.05) is 12.1 Å². The highest BCUT2D eigenvalue weighted by Gasteiger charge is 2.27. The minimum atomic E-state index is -0.674. The van der Waals surface area contributed by atoms with E-state index in [-0.39, 0.29) is 34.4 Å². The van der Waals surface area contributed by atoms with Crippen LogP contribution in [0.3, 0.4) is 0 Å². The van der Waals surface area contributed by atoms with Gasteiger partial charge >= 0.3 is 11.9 Å². The lowest BCUT2D eigenvalue weighted by Crippen LogP contribution is -2.13. The first kappa shape index (κ1) is 23.6. The van der Waals surface area contributed by atoms with E-state index in [9.17, 15) is 14.4 Å². The molecule has 2 aromatic heterocycles. The number of carbonyl (C=O) groups excluding carboxylic acids is 3. The number of benzene rings is 1. The number of esters is 2. The summed E-state index contributed by atoms with van der Waals surface area (Å²) in [6, 6.07) is 10.5. The second-order valence-corrected chi connectivity index (χ2v) is 8.29. The molecule has 2 heterocycles. The largest absolute Gasteiger partial charge is 0.484 e. The molecule has 0 bridgehead atoms. The number of carbonyl (C=O) groups is 3. The average molecular weight is 522 g/mol. The lowest BCUT2D eigenvalue weighted by atomic mass is 10.1. The Labute approximate surface area is 196 Å². The smallest absolute Gasteiger partial charge is 0.348 e. The Hall–Kier alpha value is -3.11. The number of hydrogen-bond acceptors (Lipinski definition) is 8. The maximum Gasteiger partial charge on any atom is 0.348 e. The van der Waals surface area contributed by atoms with Crippen LogP contribution in [0.15, 0.2) is 45.3 Å². The Morgan fingerprint density at radius 1 is 1.12 bits per heavy atom. The number of hydrogen-bond donors (Lipinski definition) is 1. The third kappa shape index (κ3) is 5.20. The van der Waals surface area contributed by atoms with E-state index in [1.54, 1.807) is 26.0 Å². The molecule has 0 saturated carbocycles. The maximum absolute atomic E-state index is 12.7. The fourth-order valence-corrected chi connectivity index (χ4v) is 4.28. The van der Waals surface area contributed by atoms with Gasteiger partial charge in [-0.05, 0) is 59.6 Å². The second-order valence-electron chi connectivity index (χ2n) is 6.41. The number of anilines is 1.